The van der Waals surface area contributed by atoms with Crippen LogP contribution in [0.2, 0.25) is 0 Å². The van der Waals surface area contributed by atoms with Gasteiger partial charge >= 0.3 is 6.03 Å². The fourth-order valence-electron chi connectivity index (χ4n) is 3.08. The lowest BCUT2D eigenvalue weighted by Crippen LogP contribution is -2.46. The lowest BCUT2D eigenvalue weighted by molar-refractivity contribution is -0.117. The number of hydrogen-bond donors (Lipinski definition) is 3. The smallest absolute Gasteiger partial charge is 0.319 e. The highest BCUT2D eigenvalue weighted by atomic mass is 79.9. The van der Waals surface area contributed by atoms with Gasteiger partial charge in [0.1, 0.15) is 11.0 Å². The van der Waals surface area contributed by atoms with Crippen molar-refractivity contribution in [1.29, 1.82) is 0 Å². The normalized spacial score (nSPS) is 11.4. The lowest BCUT2D eigenvalue weighted by atomic mass is 10.1. The number of carbonyl (C=O) groups is 2. The van der Waals surface area contributed by atoms with Gasteiger partial charge in [0.25, 0.3) is 0 Å². The van der Waals surface area contributed by atoms with Crippen molar-refractivity contribution >= 4 is 50.0 Å². The third-order valence-electron chi connectivity index (χ3n) is 4.68. The van der Waals surface area contributed by atoms with Crippen LogP contribution in [-0.2, 0) is 11.2 Å². The van der Waals surface area contributed by atoms with Gasteiger partial charge in [0, 0.05) is 22.1 Å². The molecule has 0 fully saturated rings. The Morgan fingerprint density at radius 3 is 2.21 bits per heavy atom. The summed E-state index contributed by atoms with van der Waals surface area (Å²) < 4.78 is 0.966. The number of rotatable bonds is 7. The molecule has 9 heteroatoms. The summed E-state index contributed by atoms with van der Waals surface area (Å²) in [5, 5.41) is 17.6. The average molecular weight is 522 g/mol. The minimum absolute atomic E-state index is 0.327. The molecular weight excluding hydrogens is 502 g/mol. The number of halogens is 1. The van der Waals surface area contributed by atoms with Gasteiger partial charge < -0.3 is 10.6 Å². The van der Waals surface area contributed by atoms with Crippen LogP contribution in [-0.4, -0.2) is 28.2 Å². The van der Waals surface area contributed by atoms with Crippen molar-refractivity contribution in [2.75, 3.05) is 10.6 Å². The van der Waals surface area contributed by atoms with E-state index in [1.165, 1.54) is 11.3 Å². The van der Waals surface area contributed by atoms with Gasteiger partial charge in [-0.15, -0.1) is 10.2 Å². The first-order chi connectivity index (χ1) is 16.1. The molecule has 0 saturated carbocycles. The fraction of sp³-hybridized carbons (Fsp3) is 0.0833. The molecule has 0 spiro atoms. The van der Waals surface area contributed by atoms with Crippen molar-refractivity contribution in [3.05, 3.63) is 95.0 Å². The highest BCUT2D eigenvalue weighted by Gasteiger charge is 2.23. The lowest BCUT2D eigenvalue weighted by Gasteiger charge is -2.18. The molecule has 0 aliphatic rings. The van der Waals surface area contributed by atoms with E-state index in [1.54, 1.807) is 12.1 Å². The third kappa shape index (κ3) is 6.47. The highest BCUT2D eigenvalue weighted by molar-refractivity contribution is 9.10. The van der Waals surface area contributed by atoms with Crippen LogP contribution in [0.15, 0.2) is 89.4 Å². The first-order valence-corrected chi connectivity index (χ1v) is 11.7. The van der Waals surface area contributed by atoms with Gasteiger partial charge in [0.05, 0.1) is 0 Å². The van der Waals surface area contributed by atoms with E-state index >= 15 is 0 Å². The zero-order chi connectivity index (χ0) is 23.0. The van der Waals surface area contributed by atoms with Crippen LogP contribution >= 0.6 is 27.3 Å². The predicted molar refractivity (Wildman–Crippen MR) is 134 cm³/mol. The maximum absolute atomic E-state index is 13.1. The molecule has 3 N–H and O–H groups in total. The Balaban J connectivity index is 1.46. The van der Waals surface area contributed by atoms with E-state index in [-0.39, 0.29) is 5.91 Å². The minimum Gasteiger partial charge on any atom is -0.326 e. The van der Waals surface area contributed by atoms with Gasteiger partial charge in [0.2, 0.25) is 11.0 Å². The number of carbonyl (C=O) groups excluding carboxylic acids is 2. The molecule has 3 aromatic carbocycles. The standard InChI is InChI=1S/C24H20BrN5O2S/c25-18-13-11-17(12-14-18)22-29-30-24(33-22)28-21(31)20(15-16-7-3-1-4-8-16)27-23(32)26-19-9-5-2-6-10-19/h1-14,20H,15H2,(H2,26,27,32)(H,28,30,31). The Kier molecular flexibility index (Phi) is 7.43. The third-order valence-corrected chi connectivity index (χ3v) is 6.10. The number of aromatic nitrogens is 2. The Morgan fingerprint density at radius 1 is 0.848 bits per heavy atom. The summed E-state index contributed by atoms with van der Waals surface area (Å²) in [7, 11) is 0. The molecule has 0 radical (unpaired) electrons. The quantitative estimate of drug-likeness (QED) is 0.305. The van der Waals surface area contributed by atoms with Gasteiger partial charge in [-0.2, -0.15) is 0 Å². The topological polar surface area (TPSA) is 96.0 Å². The van der Waals surface area contributed by atoms with E-state index in [1.807, 2.05) is 72.8 Å². The summed E-state index contributed by atoms with van der Waals surface area (Å²) in [4.78, 5) is 25.6. The SMILES string of the molecule is O=C(Nc1ccccc1)NC(Cc1ccccc1)C(=O)Nc1nnc(-c2ccc(Br)cc2)s1. The van der Waals surface area contributed by atoms with Gasteiger partial charge in [-0.3, -0.25) is 10.1 Å². The molecule has 7 nitrogen and oxygen atoms in total. The number of amides is 3. The van der Waals surface area contributed by atoms with Crippen LogP contribution in [0.5, 0.6) is 0 Å². The number of para-hydroxylation sites is 1. The van der Waals surface area contributed by atoms with Crippen LogP contribution in [0.4, 0.5) is 15.6 Å². The summed E-state index contributed by atoms with van der Waals surface area (Å²) in [6.07, 6.45) is 0.327. The highest BCUT2D eigenvalue weighted by Crippen LogP contribution is 2.27. The minimum atomic E-state index is -0.809. The van der Waals surface area contributed by atoms with Crippen molar-refractivity contribution in [2.45, 2.75) is 12.5 Å². The number of benzene rings is 3. The van der Waals surface area contributed by atoms with E-state index in [2.05, 4.69) is 42.1 Å². The fourth-order valence-corrected chi connectivity index (χ4v) is 4.10. The molecule has 0 saturated heterocycles. The van der Waals surface area contributed by atoms with Crippen LogP contribution in [0.25, 0.3) is 10.6 Å². The molecule has 0 aliphatic carbocycles. The van der Waals surface area contributed by atoms with Crippen LogP contribution in [0, 0.1) is 0 Å². The number of anilines is 2. The second-order valence-corrected chi connectivity index (χ2v) is 9.01. The van der Waals surface area contributed by atoms with E-state index < -0.39 is 12.1 Å². The number of hydrogen-bond acceptors (Lipinski definition) is 5. The largest absolute Gasteiger partial charge is 0.326 e. The second kappa shape index (κ2) is 10.8. The number of nitrogens with zero attached hydrogens (tertiary/aromatic N) is 2. The Morgan fingerprint density at radius 2 is 1.52 bits per heavy atom. The summed E-state index contributed by atoms with van der Waals surface area (Å²) in [5.74, 6) is -0.374. The molecule has 166 valence electrons. The summed E-state index contributed by atoms with van der Waals surface area (Å²) in [6, 6.07) is 25.0. The van der Waals surface area contributed by atoms with Crippen LogP contribution in [0.1, 0.15) is 5.56 Å². The molecule has 4 rings (SSSR count). The number of urea groups is 1. The van der Waals surface area contributed by atoms with Gasteiger partial charge in [-0.05, 0) is 29.8 Å². The molecule has 3 amide bonds. The summed E-state index contributed by atoms with van der Waals surface area (Å²) >= 11 is 4.68. The maximum atomic E-state index is 13.1. The molecular formula is C24H20BrN5O2S. The van der Waals surface area contributed by atoms with Crippen LogP contribution < -0.4 is 16.0 Å². The number of nitrogens with one attached hydrogen (secondary N) is 3. The zero-order valence-corrected chi connectivity index (χ0v) is 19.8. The molecule has 1 aromatic heterocycles. The van der Waals surface area contributed by atoms with Crippen molar-refractivity contribution in [3.63, 3.8) is 0 Å². The molecule has 1 heterocycles. The zero-order valence-electron chi connectivity index (χ0n) is 17.4. The predicted octanol–water partition coefficient (Wildman–Crippen LogP) is 5.34. The first kappa shape index (κ1) is 22.6. The monoisotopic (exact) mass is 521 g/mol. The van der Waals surface area contributed by atoms with Gasteiger partial charge in [-0.25, -0.2) is 4.79 Å². The second-order valence-electron chi connectivity index (χ2n) is 7.12. The maximum Gasteiger partial charge on any atom is 0.319 e. The Bertz CT molecular complexity index is 1220. The molecule has 4 aromatic rings. The van der Waals surface area contributed by atoms with E-state index in [0.29, 0.717) is 22.2 Å². The van der Waals surface area contributed by atoms with Gasteiger partial charge in [0.15, 0.2) is 0 Å². The van der Waals surface area contributed by atoms with Crippen molar-refractivity contribution in [1.82, 2.24) is 15.5 Å². The van der Waals surface area contributed by atoms with E-state index in [9.17, 15) is 9.59 Å². The molecule has 33 heavy (non-hydrogen) atoms. The van der Waals surface area contributed by atoms with Crippen LogP contribution in [0.3, 0.4) is 0 Å². The molecule has 1 unspecified atom stereocenters. The van der Waals surface area contributed by atoms with E-state index in [0.717, 1.165) is 15.6 Å². The first-order valence-electron chi connectivity index (χ1n) is 10.1. The van der Waals surface area contributed by atoms with Crippen molar-refractivity contribution < 1.29 is 9.59 Å². The molecule has 0 bridgehead atoms. The summed E-state index contributed by atoms with van der Waals surface area (Å²) in [5.41, 5.74) is 2.46. The molecule has 0 aliphatic heterocycles. The van der Waals surface area contributed by atoms with Gasteiger partial charge in [-0.1, -0.05) is 87.9 Å². The summed E-state index contributed by atoms with van der Waals surface area (Å²) in [6.45, 7) is 0. The Hall–Kier alpha value is -3.56. The van der Waals surface area contributed by atoms with E-state index in [4.69, 9.17) is 0 Å². The Labute approximate surface area is 203 Å². The van der Waals surface area contributed by atoms with Crippen molar-refractivity contribution in [3.8, 4) is 10.6 Å². The average Bonchev–Trinajstić information content (AvgIpc) is 3.29. The molecule has 1 atom stereocenters. The van der Waals surface area contributed by atoms with Crippen molar-refractivity contribution in [2.24, 2.45) is 0 Å².